The van der Waals surface area contributed by atoms with Crippen LogP contribution < -0.4 is 4.74 Å². The van der Waals surface area contributed by atoms with Crippen molar-refractivity contribution in [2.75, 3.05) is 0 Å². The topological polar surface area (TPSA) is 9.23 Å². The fourth-order valence-corrected chi connectivity index (χ4v) is 3.70. The minimum absolute atomic E-state index is 0.0406. The van der Waals surface area contributed by atoms with E-state index in [4.69, 9.17) is 4.74 Å². The highest BCUT2D eigenvalue weighted by atomic mass is 19.3. The minimum Gasteiger partial charge on any atom is -0.435 e. The standard InChI is InChI=1S/C18H26F2O/c1-2-3-7-12-18(13-8-4-9-14-18)15-10-5-6-11-16(15)21-17(19)20/h5-6,10-11,17H,2-4,7-9,12-14H2,1H3. The van der Waals surface area contributed by atoms with Crippen LogP contribution in [0.4, 0.5) is 8.78 Å². The summed E-state index contributed by atoms with van der Waals surface area (Å²) in [5.74, 6) is 0.380. The van der Waals surface area contributed by atoms with Crippen LogP contribution in [0.3, 0.4) is 0 Å². The monoisotopic (exact) mass is 296 g/mol. The smallest absolute Gasteiger partial charge is 0.387 e. The number of ether oxygens (including phenoxy) is 1. The van der Waals surface area contributed by atoms with Gasteiger partial charge in [-0.3, -0.25) is 0 Å². The molecular formula is C18H26F2O. The fourth-order valence-electron chi connectivity index (χ4n) is 3.70. The first-order chi connectivity index (χ1) is 10.2. The molecule has 1 aromatic carbocycles. The van der Waals surface area contributed by atoms with Crippen LogP contribution in [-0.2, 0) is 5.41 Å². The maximum Gasteiger partial charge on any atom is 0.387 e. The summed E-state index contributed by atoms with van der Waals surface area (Å²) in [7, 11) is 0. The van der Waals surface area contributed by atoms with Gasteiger partial charge in [0.15, 0.2) is 0 Å². The Balaban J connectivity index is 2.27. The Bertz CT molecular complexity index is 425. The Morgan fingerprint density at radius 3 is 2.48 bits per heavy atom. The van der Waals surface area contributed by atoms with Crippen molar-refractivity contribution in [1.29, 1.82) is 0 Å². The van der Waals surface area contributed by atoms with E-state index in [1.165, 1.54) is 38.5 Å². The van der Waals surface area contributed by atoms with Gasteiger partial charge >= 0.3 is 6.61 Å². The quantitative estimate of drug-likeness (QED) is 0.555. The number of halogens is 2. The Labute approximate surface area is 126 Å². The highest BCUT2D eigenvalue weighted by Crippen LogP contribution is 2.46. The normalized spacial score (nSPS) is 17.9. The molecule has 0 unspecified atom stereocenters. The summed E-state index contributed by atoms with van der Waals surface area (Å²) in [5, 5.41) is 0. The van der Waals surface area contributed by atoms with Gasteiger partial charge in [0.05, 0.1) is 0 Å². The van der Waals surface area contributed by atoms with Gasteiger partial charge in [-0.2, -0.15) is 8.78 Å². The molecule has 1 aliphatic rings. The average molecular weight is 296 g/mol. The summed E-state index contributed by atoms with van der Waals surface area (Å²) in [6.45, 7) is -0.552. The molecule has 2 rings (SSSR count). The molecule has 0 aliphatic heterocycles. The molecule has 3 heteroatoms. The maximum absolute atomic E-state index is 12.7. The minimum atomic E-state index is -2.75. The largest absolute Gasteiger partial charge is 0.435 e. The van der Waals surface area contributed by atoms with Gasteiger partial charge in [-0.05, 0) is 30.7 Å². The highest BCUT2D eigenvalue weighted by Gasteiger charge is 2.35. The van der Waals surface area contributed by atoms with Crippen LogP contribution in [-0.4, -0.2) is 6.61 Å². The number of hydrogen-bond acceptors (Lipinski definition) is 1. The van der Waals surface area contributed by atoms with E-state index in [0.29, 0.717) is 5.75 Å². The zero-order valence-electron chi connectivity index (χ0n) is 12.9. The Hall–Kier alpha value is -1.12. The Kier molecular flexibility index (Phi) is 6.01. The van der Waals surface area contributed by atoms with Gasteiger partial charge in [-0.1, -0.05) is 63.6 Å². The second kappa shape index (κ2) is 7.77. The third-order valence-corrected chi connectivity index (χ3v) is 4.74. The van der Waals surface area contributed by atoms with Crippen molar-refractivity contribution in [2.45, 2.75) is 76.7 Å². The van der Waals surface area contributed by atoms with Crippen molar-refractivity contribution >= 4 is 0 Å². The number of alkyl halides is 2. The number of hydrogen-bond donors (Lipinski definition) is 0. The van der Waals surface area contributed by atoms with Crippen molar-refractivity contribution in [3.8, 4) is 5.75 Å². The van der Waals surface area contributed by atoms with Crippen molar-refractivity contribution in [3.63, 3.8) is 0 Å². The zero-order valence-corrected chi connectivity index (χ0v) is 12.9. The second-order valence-electron chi connectivity index (χ2n) is 6.17. The van der Waals surface area contributed by atoms with Gasteiger partial charge in [-0.15, -0.1) is 0 Å². The van der Waals surface area contributed by atoms with Crippen LogP contribution in [0.5, 0.6) is 5.75 Å². The molecule has 1 fully saturated rings. The number of benzene rings is 1. The predicted molar refractivity (Wildman–Crippen MR) is 82.0 cm³/mol. The van der Waals surface area contributed by atoms with E-state index in [-0.39, 0.29) is 5.41 Å². The summed E-state index contributed by atoms with van der Waals surface area (Å²) in [5.41, 5.74) is 1.04. The number of para-hydroxylation sites is 1. The lowest BCUT2D eigenvalue weighted by molar-refractivity contribution is -0.0513. The van der Waals surface area contributed by atoms with E-state index in [2.05, 4.69) is 6.92 Å². The number of unbranched alkanes of at least 4 members (excludes halogenated alkanes) is 2. The molecule has 0 saturated heterocycles. The van der Waals surface area contributed by atoms with Crippen LogP contribution in [0.2, 0.25) is 0 Å². The first-order valence-corrected chi connectivity index (χ1v) is 8.22. The SMILES string of the molecule is CCCCCC1(c2ccccc2OC(F)F)CCCCC1. The summed E-state index contributed by atoms with van der Waals surface area (Å²) >= 11 is 0. The zero-order chi connectivity index (χ0) is 15.1. The number of rotatable bonds is 7. The van der Waals surface area contributed by atoms with E-state index in [1.807, 2.05) is 12.1 Å². The molecule has 0 bridgehead atoms. The molecule has 0 amide bonds. The Morgan fingerprint density at radius 2 is 1.81 bits per heavy atom. The van der Waals surface area contributed by atoms with E-state index >= 15 is 0 Å². The molecule has 1 aliphatic carbocycles. The van der Waals surface area contributed by atoms with Crippen LogP contribution in [0.1, 0.15) is 70.3 Å². The van der Waals surface area contributed by atoms with Crippen LogP contribution in [0.15, 0.2) is 24.3 Å². The second-order valence-corrected chi connectivity index (χ2v) is 6.17. The van der Waals surface area contributed by atoms with Crippen LogP contribution in [0.25, 0.3) is 0 Å². The maximum atomic E-state index is 12.7. The van der Waals surface area contributed by atoms with E-state index in [1.54, 1.807) is 12.1 Å². The van der Waals surface area contributed by atoms with Gasteiger partial charge in [0, 0.05) is 5.56 Å². The van der Waals surface area contributed by atoms with E-state index < -0.39 is 6.61 Å². The lowest BCUT2D eigenvalue weighted by Crippen LogP contribution is -2.30. The molecule has 0 radical (unpaired) electrons. The average Bonchev–Trinajstić information content (AvgIpc) is 2.48. The van der Waals surface area contributed by atoms with E-state index in [9.17, 15) is 8.78 Å². The van der Waals surface area contributed by atoms with Gasteiger partial charge in [-0.25, -0.2) is 0 Å². The van der Waals surface area contributed by atoms with Gasteiger partial charge in [0.25, 0.3) is 0 Å². The van der Waals surface area contributed by atoms with Crippen molar-refractivity contribution in [1.82, 2.24) is 0 Å². The van der Waals surface area contributed by atoms with E-state index in [0.717, 1.165) is 24.8 Å². The molecule has 1 saturated carbocycles. The van der Waals surface area contributed by atoms with Crippen LogP contribution >= 0.6 is 0 Å². The predicted octanol–water partition coefficient (Wildman–Crippen LogP) is 6.07. The first kappa shape index (κ1) is 16.3. The molecule has 118 valence electrons. The molecule has 0 aromatic heterocycles. The summed E-state index contributed by atoms with van der Waals surface area (Å²) < 4.78 is 30.2. The summed E-state index contributed by atoms with van der Waals surface area (Å²) in [6.07, 6.45) is 10.5. The van der Waals surface area contributed by atoms with Crippen molar-refractivity contribution in [3.05, 3.63) is 29.8 Å². The molecule has 1 aromatic rings. The van der Waals surface area contributed by atoms with Gasteiger partial charge in [0.1, 0.15) is 5.75 Å². The third kappa shape index (κ3) is 4.18. The lowest BCUT2D eigenvalue weighted by Gasteiger charge is -2.39. The van der Waals surface area contributed by atoms with Gasteiger partial charge in [0.2, 0.25) is 0 Å². The molecule has 1 nitrogen and oxygen atoms in total. The lowest BCUT2D eigenvalue weighted by atomic mass is 9.66. The van der Waals surface area contributed by atoms with Crippen LogP contribution in [0, 0.1) is 0 Å². The molecule has 0 atom stereocenters. The fraction of sp³-hybridized carbons (Fsp3) is 0.667. The molecule has 0 spiro atoms. The molecule has 0 N–H and O–H groups in total. The Morgan fingerprint density at radius 1 is 1.10 bits per heavy atom. The van der Waals surface area contributed by atoms with Crippen molar-refractivity contribution < 1.29 is 13.5 Å². The molecule has 0 heterocycles. The molecule has 21 heavy (non-hydrogen) atoms. The first-order valence-electron chi connectivity index (χ1n) is 8.22. The van der Waals surface area contributed by atoms with Crippen molar-refractivity contribution in [2.24, 2.45) is 0 Å². The van der Waals surface area contributed by atoms with Gasteiger partial charge < -0.3 is 4.74 Å². The summed E-state index contributed by atoms with van der Waals surface area (Å²) in [4.78, 5) is 0. The molecular weight excluding hydrogens is 270 g/mol. The summed E-state index contributed by atoms with van der Waals surface area (Å²) in [6, 6.07) is 7.42. The third-order valence-electron chi connectivity index (χ3n) is 4.74. The highest BCUT2D eigenvalue weighted by molar-refractivity contribution is 5.40.